The molecule has 0 radical (unpaired) electrons. The molecule has 1 saturated carbocycles. The summed E-state index contributed by atoms with van der Waals surface area (Å²) in [6, 6.07) is 5.10. The van der Waals surface area contributed by atoms with Crippen molar-refractivity contribution in [3.8, 4) is 0 Å². The maximum Gasteiger partial charge on any atom is 0.167 e. The highest BCUT2D eigenvalue weighted by molar-refractivity contribution is 5.85. The van der Waals surface area contributed by atoms with E-state index in [1.54, 1.807) is 12.1 Å². The van der Waals surface area contributed by atoms with Crippen LogP contribution < -0.4 is 5.73 Å². The minimum absolute atomic E-state index is 0. The Morgan fingerprint density at radius 3 is 2.58 bits per heavy atom. The number of nitrogens with zero attached hydrogens (tertiary/aromatic N) is 2. The van der Waals surface area contributed by atoms with E-state index < -0.39 is 0 Å². The van der Waals surface area contributed by atoms with Gasteiger partial charge < -0.3 is 15.2 Å². The first-order valence-corrected chi connectivity index (χ1v) is 9.72. The number of hydrogen-bond donors (Lipinski definition) is 1. The van der Waals surface area contributed by atoms with E-state index in [2.05, 4.69) is 10.1 Å². The molecule has 0 amide bonds. The van der Waals surface area contributed by atoms with Crippen molar-refractivity contribution in [1.29, 1.82) is 0 Å². The Balaban J connectivity index is 0.00000196. The second kappa shape index (κ2) is 8.68. The van der Waals surface area contributed by atoms with E-state index in [0.717, 1.165) is 42.9 Å². The van der Waals surface area contributed by atoms with Gasteiger partial charge in [-0.3, -0.25) is 0 Å². The van der Waals surface area contributed by atoms with Crippen molar-refractivity contribution in [2.45, 2.75) is 56.9 Å². The van der Waals surface area contributed by atoms with Crippen LogP contribution in [0.25, 0.3) is 11.0 Å². The molecule has 4 nitrogen and oxygen atoms in total. The molecule has 26 heavy (non-hydrogen) atoms. The van der Waals surface area contributed by atoms with E-state index in [1.807, 2.05) is 0 Å². The standard InChI is InChI=1S/C20H28FN3O.ClH/c21-16-3-6-19-18(13-16)20(23-25-19)15-8-11-24(12-9-15)10-7-14-1-4-17(22)5-2-14;/h3,6,13-15,17H,1-2,4-5,7-12,22H2;1H/t14-,17-;. The fraction of sp³-hybridized carbons (Fsp3) is 0.650. The van der Waals surface area contributed by atoms with Crippen LogP contribution in [0.3, 0.4) is 0 Å². The molecule has 0 spiro atoms. The molecular weight excluding hydrogens is 353 g/mol. The number of rotatable bonds is 4. The Kier molecular flexibility index (Phi) is 6.54. The molecule has 144 valence electrons. The molecule has 2 aromatic rings. The van der Waals surface area contributed by atoms with Gasteiger partial charge in [0, 0.05) is 17.3 Å². The maximum atomic E-state index is 13.5. The van der Waals surface area contributed by atoms with Gasteiger partial charge in [-0.2, -0.15) is 0 Å². The first-order chi connectivity index (χ1) is 12.2. The van der Waals surface area contributed by atoms with Crippen molar-refractivity contribution in [3.05, 3.63) is 29.7 Å². The summed E-state index contributed by atoms with van der Waals surface area (Å²) in [6.07, 6.45) is 8.45. The smallest absolute Gasteiger partial charge is 0.167 e. The first kappa shape index (κ1) is 19.6. The van der Waals surface area contributed by atoms with Gasteiger partial charge in [-0.05, 0) is 88.7 Å². The largest absolute Gasteiger partial charge is 0.356 e. The molecule has 2 aliphatic rings. The SMILES string of the molecule is Cl.N[C@H]1CC[C@H](CCN2CCC(c3noc4ccc(F)cc34)CC2)CC1. The van der Waals surface area contributed by atoms with Crippen LogP contribution in [0.15, 0.2) is 22.7 Å². The number of piperidine rings is 1. The summed E-state index contributed by atoms with van der Waals surface area (Å²) in [6.45, 7) is 3.39. The minimum atomic E-state index is -0.221. The molecule has 0 atom stereocenters. The topological polar surface area (TPSA) is 55.3 Å². The summed E-state index contributed by atoms with van der Waals surface area (Å²) in [5.41, 5.74) is 7.63. The number of halogens is 2. The van der Waals surface area contributed by atoms with Crippen molar-refractivity contribution < 1.29 is 8.91 Å². The van der Waals surface area contributed by atoms with Gasteiger partial charge in [0.25, 0.3) is 0 Å². The highest BCUT2D eigenvalue weighted by Crippen LogP contribution is 2.33. The van der Waals surface area contributed by atoms with E-state index >= 15 is 0 Å². The molecule has 1 aliphatic heterocycles. The van der Waals surface area contributed by atoms with E-state index in [0.29, 0.717) is 17.5 Å². The number of fused-ring (bicyclic) bond motifs is 1. The lowest BCUT2D eigenvalue weighted by molar-refractivity contribution is 0.184. The Bertz CT molecular complexity index is 706. The molecule has 2 N–H and O–H groups in total. The van der Waals surface area contributed by atoms with Crippen molar-refractivity contribution in [2.75, 3.05) is 19.6 Å². The van der Waals surface area contributed by atoms with Crippen LogP contribution in [-0.4, -0.2) is 35.7 Å². The fourth-order valence-corrected chi connectivity index (χ4v) is 4.50. The van der Waals surface area contributed by atoms with Gasteiger partial charge in [0.15, 0.2) is 5.58 Å². The zero-order valence-corrected chi connectivity index (χ0v) is 16.0. The number of nitrogens with two attached hydrogens (primary N) is 1. The number of hydrogen-bond acceptors (Lipinski definition) is 4. The molecule has 1 aliphatic carbocycles. The summed E-state index contributed by atoms with van der Waals surface area (Å²) >= 11 is 0. The Labute approximate surface area is 160 Å². The Morgan fingerprint density at radius 1 is 1.12 bits per heavy atom. The second-order valence-electron chi connectivity index (χ2n) is 7.89. The molecule has 4 rings (SSSR count). The van der Waals surface area contributed by atoms with Crippen LogP contribution in [0.2, 0.25) is 0 Å². The van der Waals surface area contributed by atoms with Gasteiger partial charge in [-0.25, -0.2) is 4.39 Å². The third kappa shape index (κ3) is 4.38. The molecule has 0 unspecified atom stereocenters. The maximum absolute atomic E-state index is 13.5. The van der Waals surface area contributed by atoms with E-state index in [9.17, 15) is 4.39 Å². The number of likely N-dealkylation sites (tertiary alicyclic amines) is 1. The Hall–Kier alpha value is -1.17. The molecule has 2 fully saturated rings. The van der Waals surface area contributed by atoms with Crippen LogP contribution in [0, 0.1) is 11.7 Å². The van der Waals surface area contributed by atoms with Crippen LogP contribution in [0.4, 0.5) is 4.39 Å². The molecule has 2 heterocycles. The lowest BCUT2D eigenvalue weighted by atomic mass is 9.84. The highest BCUT2D eigenvalue weighted by atomic mass is 35.5. The van der Waals surface area contributed by atoms with E-state index in [4.69, 9.17) is 10.3 Å². The highest BCUT2D eigenvalue weighted by Gasteiger charge is 2.26. The summed E-state index contributed by atoms with van der Waals surface area (Å²) in [4.78, 5) is 2.58. The van der Waals surface area contributed by atoms with Crippen molar-refractivity contribution >= 4 is 23.4 Å². The lowest BCUT2D eigenvalue weighted by Gasteiger charge is -2.33. The quantitative estimate of drug-likeness (QED) is 0.848. The average molecular weight is 382 g/mol. The number of benzene rings is 1. The van der Waals surface area contributed by atoms with Crippen LogP contribution in [0.5, 0.6) is 0 Å². The normalized spacial score (nSPS) is 25.3. The van der Waals surface area contributed by atoms with Gasteiger partial charge >= 0.3 is 0 Å². The molecule has 1 saturated heterocycles. The summed E-state index contributed by atoms with van der Waals surface area (Å²) < 4.78 is 18.9. The van der Waals surface area contributed by atoms with Crippen molar-refractivity contribution in [2.24, 2.45) is 11.7 Å². The van der Waals surface area contributed by atoms with Crippen LogP contribution in [0.1, 0.15) is 56.6 Å². The predicted octanol–water partition coefficient (Wildman–Crippen LogP) is 4.48. The fourth-order valence-electron chi connectivity index (χ4n) is 4.50. The third-order valence-corrected chi connectivity index (χ3v) is 6.18. The van der Waals surface area contributed by atoms with Gasteiger partial charge in [0.1, 0.15) is 5.82 Å². The monoisotopic (exact) mass is 381 g/mol. The molecule has 6 heteroatoms. The van der Waals surface area contributed by atoms with Gasteiger partial charge in [0.05, 0.1) is 5.69 Å². The predicted molar refractivity (Wildman–Crippen MR) is 104 cm³/mol. The molecule has 1 aromatic heterocycles. The summed E-state index contributed by atoms with van der Waals surface area (Å²) in [5.74, 6) is 1.02. The Morgan fingerprint density at radius 2 is 1.85 bits per heavy atom. The third-order valence-electron chi connectivity index (χ3n) is 6.18. The van der Waals surface area contributed by atoms with Gasteiger partial charge in [-0.15, -0.1) is 12.4 Å². The van der Waals surface area contributed by atoms with E-state index in [-0.39, 0.29) is 18.2 Å². The second-order valence-corrected chi connectivity index (χ2v) is 7.89. The molecule has 1 aromatic carbocycles. The summed E-state index contributed by atoms with van der Waals surface area (Å²) in [5, 5.41) is 5.08. The van der Waals surface area contributed by atoms with Crippen molar-refractivity contribution in [3.63, 3.8) is 0 Å². The lowest BCUT2D eigenvalue weighted by Crippen LogP contribution is -2.35. The van der Waals surface area contributed by atoms with Crippen LogP contribution >= 0.6 is 12.4 Å². The molecule has 0 bridgehead atoms. The van der Waals surface area contributed by atoms with Crippen LogP contribution in [-0.2, 0) is 0 Å². The average Bonchev–Trinajstić information content (AvgIpc) is 3.05. The zero-order valence-electron chi connectivity index (χ0n) is 15.2. The minimum Gasteiger partial charge on any atom is -0.356 e. The van der Waals surface area contributed by atoms with Gasteiger partial charge in [-0.1, -0.05) is 5.16 Å². The zero-order chi connectivity index (χ0) is 17.2. The number of aromatic nitrogens is 1. The van der Waals surface area contributed by atoms with Crippen molar-refractivity contribution in [1.82, 2.24) is 10.1 Å². The van der Waals surface area contributed by atoms with Gasteiger partial charge in [0.2, 0.25) is 0 Å². The summed E-state index contributed by atoms with van der Waals surface area (Å²) in [7, 11) is 0. The molecular formula is C20H29ClFN3O. The van der Waals surface area contributed by atoms with E-state index in [1.165, 1.54) is 44.7 Å². The first-order valence-electron chi connectivity index (χ1n) is 9.72.